The Hall–Kier alpha value is -2.15. The Labute approximate surface area is 161 Å². The molecule has 1 N–H and O–H groups in total. The minimum Gasteiger partial charge on any atom is -0.455 e. The molecule has 3 rings (SSSR count). The van der Waals surface area contributed by atoms with Crippen LogP contribution in [0.4, 0.5) is 0 Å². The number of halogens is 3. The molecule has 0 aliphatic carbocycles. The third-order valence-corrected chi connectivity index (χ3v) is 4.42. The van der Waals surface area contributed by atoms with Crippen LogP contribution in [0.2, 0.25) is 10.0 Å². The van der Waals surface area contributed by atoms with Gasteiger partial charge in [-0.2, -0.15) is 5.10 Å². The predicted octanol–water partition coefficient (Wildman–Crippen LogP) is 5.17. The summed E-state index contributed by atoms with van der Waals surface area (Å²) in [5, 5.41) is 4.73. The second kappa shape index (κ2) is 7.82. The minimum absolute atomic E-state index is 0.380. The minimum atomic E-state index is -0.380. The van der Waals surface area contributed by atoms with Crippen LogP contribution in [0.15, 0.2) is 62.8 Å². The van der Waals surface area contributed by atoms with E-state index in [1.165, 1.54) is 12.4 Å². The number of nitrogens with one attached hydrogen (secondary N) is 1. The highest BCUT2D eigenvalue weighted by molar-refractivity contribution is 9.10. The third kappa shape index (κ3) is 4.28. The van der Waals surface area contributed by atoms with Gasteiger partial charge in [0.2, 0.25) is 0 Å². The van der Waals surface area contributed by atoms with Gasteiger partial charge in [0.1, 0.15) is 11.5 Å². The van der Waals surface area contributed by atoms with Crippen molar-refractivity contribution in [1.29, 1.82) is 0 Å². The molecule has 5 nitrogen and oxygen atoms in total. The summed E-state index contributed by atoms with van der Waals surface area (Å²) in [4.78, 5) is 15.9. The number of nitrogens with zero attached hydrogens (tertiary/aromatic N) is 2. The summed E-state index contributed by atoms with van der Waals surface area (Å²) in [7, 11) is 0. The first kappa shape index (κ1) is 17.7. The molecule has 0 bridgehead atoms. The lowest BCUT2D eigenvalue weighted by molar-refractivity contribution is 0.0954. The first-order chi connectivity index (χ1) is 12.0. The standard InChI is InChI=1S/C17H10BrCl2N3O2/c18-11-6-10(7-21-8-11)17(24)23-22-9-12-4-5-15(25-12)13-2-1-3-14(19)16(13)20/h1-9H,(H,23,24)/b22-9+. The second-order valence-corrected chi connectivity index (χ2v) is 6.60. The van der Waals surface area contributed by atoms with E-state index >= 15 is 0 Å². The van der Waals surface area contributed by atoms with Crippen molar-refractivity contribution in [2.75, 3.05) is 0 Å². The molecule has 0 saturated heterocycles. The summed E-state index contributed by atoms with van der Waals surface area (Å²) in [6.07, 6.45) is 4.43. The number of benzene rings is 1. The van der Waals surface area contributed by atoms with Crippen LogP contribution in [0, 0.1) is 0 Å². The van der Waals surface area contributed by atoms with Crippen molar-refractivity contribution in [2.24, 2.45) is 5.10 Å². The van der Waals surface area contributed by atoms with Crippen molar-refractivity contribution < 1.29 is 9.21 Å². The monoisotopic (exact) mass is 437 g/mol. The lowest BCUT2D eigenvalue weighted by atomic mass is 10.2. The second-order valence-electron chi connectivity index (χ2n) is 4.89. The van der Waals surface area contributed by atoms with E-state index < -0.39 is 0 Å². The molecular formula is C17H10BrCl2N3O2. The van der Waals surface area contributed by atoms with E-state index in [-0.39, 0.29) is 5.91 Å². The van der Waals surface area contributed by atoms with Crippen molar-refractivity contribution >= 4 is 51.3 Å². The Kier molecular flexibility index (Phi) is 5.53. The Balaban J connectivity index is 1.70. The number of aromatic nitrogens is 1. The van der Waals surface area contributed by atoms with Gasteiger partial charge in [0.05, 0.1) is 21.8 Å². The molecule has 0 radical (unpaired) electrons. The van der Waals surface area contributed by atoms with E-state index in [2.05, 4.69) is 31.4 Å². The number of carbonyl (C=O) groups is 1. The van der Waals surface area contributed by atoms with Gasteiger partial charge in [-0.3, -0.25) is 9.78 Å². The van der Waals surface area contributed by atoms with Gasteiger partial charge in [0.25, 0.3) is 5.91 Å². The maximum Gasteiger partial charge on any atom is 0.272 e. The quantitative estimate of drug-likeness (QED) is 0.451. The summed E-state index contributed by atoms with van der Waals surface area (Å²) in [6.45, 7) is 0. The molecule has 0 aliphatic rings. The van der Waals surface area contributed by atoms with Crippen molar-refractivity contribution in [1.82, 2.24) is 10.4 Å². The number of furan rings is 1. The summed E-state index contributed by atoms with van der Waals surface area (Å²) >= 11 is 15.4. The Bertz CT molecular complexity index is 957. The van der Waals surface area contributed by atoms with Gasteiger partial charge in [-0.05, 0) is 46.3 Å². The number of pyridine rings is 1. The smallest absolute Gasteiger partial charge is 0.272 e. The molecule has 3 aromatic rings. The fourth-order valence-electron chi connectivity index (χ4n) is 2.02. The van der Waals surface area contributed by atoms with Crippen LogP contribution in [0.3, 0.4) is 0 Å². The Morgan fingerprint density at radius 2 is 2.08 bits per heavy atom. The SMILES string of the molecule is O=C(N/N=C/c1ccc(-c2cccc(Cl)c2Cl)o1)c1cncc(Br)c1. The van der Waals surface area contributed by atoms with E-state index in [4.69, 9.17) is 27.6 Å². The fourth-order valence-corrected chi connectivity index (χ4v) is 2.77. The normalized spacial score (nSPS) is 11.0. The average Bonchev–Trinajstić information content (AvgIpc) is 3.06. The van der Waals surface area contributed by atoms with E-state index in [9.17, 15) is 4.79 Å². The van der Waals surface area contributed by atoms with E-state index in [0.29, 0.717) is 37.2 Å². The van der Waals surface area contributed by atoms with Crippen LogP contribution in [0.5, 0.6) is 0 Å². The number of rotatable bonds is 4. The predicted molar refractivity (Wildman–Crippen MR) is 101 cm³/mol. The zero-order valence-corrected chi connectivity index (χ0v) is 15.6. The Morgan fingerprint density at radius 1 is 1.24 bits per heavy atom. The number of hydrazone groups is 1. The van der Waals surface area contributed by atoms with Crippen LogP contribution in [-0.4, -0.2) is 17.1 Å². The summed E-state index contributed by atoms with van der Waals surface area (Å²) < 4.78 is 6.36. The highest BCUT2D eigenvalue weighted by atomic mass is 79.9. The van der Waals surface area contributed by atoms with Gasteiger partial charge in [0.15, 0.2) is 0 Å². The van der Waals surface area contributed by atoms with Gasteiger partial charge in [-0.15, -0.1) is 0 Å². The molecule has 0 aliphatic heterocycles. The van der Waals surface area contributed by atoms with Crippen LogP contribution in [0.1, 0.15) is 16.1 Å². The van der Waals surface area contributed by atoms with Crippen LogP contribution in [0.25, 0.3) is 11.3 Å². The van der Waals surface area contributed by atoms with Crippen LogP contribution >= 0.6 is 39.1 Å². The highest BCUT2D eigenvalue weighted by Crippen LogP contribution is 2.34. The molecule has 8 heteroatoms. The van der Waals surface area contributed by atoms with E-state index in [1.807, 2.05) is 0 Å². The summed E-state index contributed by atoms with van der Waals surface area (Å²) in [5.41, 5.74) is 3.47. The lowest BCUT2D eigenvalue weighted by Gasteiger charge is -2.02. The molecule has 0 saturated carbocycles. The van der Waals surface area contributed by atoms with Crippen molar-refractivity contribution in [2.45, 2.75) is 0 Å². The zero-order valence-electron chi connectivity index (χ0n) is 12.5. The van der Waals surface area contributed by atoms with Crippen LogP contribution < -0.4 is 5.43 Å². The summed E-state index contributed by atoms with van der Waals surface area (Å²) in [6, 6.07) is 10.4. The van der Waals surface area contributed by atoms with E-state index in [0.717, 1.165) is 0 Å². The van der Waals surface area contributed by atoms with Crippen LogP contribution in [-0.2, 0) is 0 Å². The topological polar surface area (TPSA) is 67.5 Å². The van der Waals surface area contributed by atoms with Crippen molar-refractivity contribution in [3.63, 3.8) is 0 Å². The first-order valence-corrected chi connectivity index (χ1v) is 8.57. The zero-order chi connectivity index (χ0) is 17.8. The molecule has 0 unspecified atom stereocenters. The molecular weight excluding hydrogens is 429 g/mol. The van der Waals surface area contributed by atoms with Crippen molar-refractivity contribution in [3.8, 4) is 11.3 Å². The van der Waals surface area contributed by atoms with Crippen molar-refractivity contribution in [3.05, 3.63) is 74.6 Å². The molecule has 0 fully saturated rings. The molecule has 1 amide bonds. The molecule has 1 aromatic carbocycles. The number of carbonyl (C=O) groups excluding carboxylic acids is 1. The molecule has 0 atom stereocenters. The molecule has 2 aromatic heterocycles. The van der Waals surface area contributed by atoms with Gasteiger partial charge in [-0.25, -0.2) is 5.43 Å². The lowest BCUT2D eigenvalue weighted by Crippen LogP contribution is -2.17. The maximum absolute atomic E-state index is 11.9. The Morgan fingerprint density at radius 3 is 2.88 bits per heavy atom. The first-order valence-electron chi connectivity index (χ1n) is 7.03. The van der Waals surface area contributed by atoms with Gasteiger partial charge in [0, 0.05) is 22.4 Å². The fraction of sp³-hybridized carbons (Fsp3) is 0. The molecule has 25 heavy (non-hydrogen) atoms. The molecule has 0 spiro atoms. The highest BCUT2D eigenvalue weighted by Gasteiger charge is 2.10. The number of hydrogen-bond acceptors (Lipinski definition) is 4. The molecule has 126 valence electrons. The van der Waals surface area contributed by atoms with Gasteiger partial charge >= 0.3 is 0 Å². The van der Waals surface area contributed by atoms with Gasteiger partial charge < -0.3 is 4.42 Å². The number of hydrogen-bond donors (Lipinski definition) is 1. The third-order valence-electron chi connectivity index (χ3n) is 3.17. The summed E-state index contributed by atoms with van der Waals surface area (Å²) in [5.74, 6) is 0.630. The molecule has 2 heterocycles. The van der Waals surface area contributed by atoms with Gasteiger partial charge in [-0.1, -0.05) is 29.3 Å². The average molecular weight is 439 g/mol. The largest absolute Gasteiger partial charge is 0.455 e. The van der Waals surface area contributed by atoms with E-state index in [1.54, 1.807) is 42.6 Å². The maximum atomic E-state index is 11.9. The number of amides is 1.